The molecular weight excluding hydrogens is 519 g/mol. The van der Waals surface area contributed by atoms with Crippen molar-refractivity contribution < 1.29 is 35.3 Å². The monoisotopic (exact) mass is 538 g/mol. The molecule has 0 aromatic heterocycles. The Balaban J connectivity index is 0.00000104. The smallest absolute Gasteiger partial charge is 1.00 e. The topological polar surface area (TPSA) is 0 Å². The SMILES string of the molecule is CP(c1cc2ccccc2[cH-]1)P(C)c1cc2ccccc2[cH-]1.[F-].[F-].[Hf+4]. The molecule has 2 atom stereocenters. The van der Waals surface area contributed by atoms with E-state index in [-0.39, 0.29) is 50.5 Å². The second kappa shape index (κ2) is 9.26. The first-order chi connectivity index (χ1) is 10.7. The molecule has 0 nitrogen and oxygen atoms in total. The summed E-state index contributed by atoms with van der Waals surface area (Å²) in [6.07, 6.45) is 0. The van der Waals surface area contributed by atoms with Crippen molar-refractivity contribution in [1.29, 1.82) is 0 Å². The van der Waals surface area contributed by atoms with E-state index in [0.29, 0.717) is 0 Å². The van der Waals surface area contributed by atoms with E-state index < -0.39 is 0 Å². The van der Waals surface area contributed by atoms with Gasteiger partial charge in [0.15, 0.2) is 0 Å². The van der Waals surface area contributed by atoms with Crippen LogP contribution in [0.15, 0.2) is 72.8 Å². The van der Waals surface area contributed by atoms with E-state index in [1.165, 1.54) is 32.2 Å². The van der Waals surface area contributed by atoms with Crippen molar-refractivity contribution in [3.05, 3.63) is 72.8 Å². The van der Waals surface area contributed by atoms with E-state index in [1.54, 1.807) is 0 Å². The molecule has 126 valence electrons. The molecule has 4 rings (SSSR count). The summed E-state index contributed by atoms with van der Waals surface area (Å²) >= 11 is 0. The predicted molar refractivity (Wildman–Crippen MR) is 104 cm³/mol. The minimum atomic E-state index is -0.132. The minimum Gasteiger partial charge on any atom is -1.00 e. The summed E-state index contributed by atoms with van der Waals surface area (Å²) < 4.78 is 0. The summed E-state index contributed by atoms with van der Waals surface area (Å²) in [6, 6.07) is 27.0. The van der Waals surface area contributed by atoms with Crippen LogP contribution in [0.1, 0.15) is 0 Å². The molecule has 25 heavy (non-hydrogen) atoms. The normalized spacial score (nSPS) is 12.7. The van der Waals surface area contributed by atoms with Crippen LogP contribution in [0.3, 0.4) is 0 Å². The van der Waals surface area contributed by atoms with Crippen molar-refractivity contribution in [2.75, 3.05) is 13.3 Å². The average molecular weight is 537 g/mol. The molecule has 0 aliphatic carbocycles. The van der Waals surface area contributed by atoms with Crippen LogP contribution < -0.4 is 20.0 Å². The molecule has 4 aromatic carbocycles. The number of halogens is 2. The molecule has 0 aliphatic heterocycles. The van der Waals surface area contributed by atoms with Crippen LogP contribution in [0.2, 0.25) is 0 Å². The fourth-order valence-corrected chi connectivity index (χ4v) is 7.76. The van der Waals surface area contributed by atoms with Gasteiger partial charge in [-0.2, -0.15) is 12.1 Å². The molecule has 0 radical (unpaired) electrons. The Hall–Kier alpha value is -0.750. The van der Waals surface area contributed by atoms with Crippen molar-refractivity contribution >= 4 is 47.4 Å². The van der Waals surface area contributed by atoms with E-state index >= 15 is 0 Å². The van der Waals surface area contributed by atoms with Crippen LogP contribution in [0.5, 0.6) is 0 Å². The molecule has 0 saturated heterocycles. The van der Waals surface area contributed by atoms with Gasteiger partial charge < -0.3 is 9.41 Å². The van der Waals surface area contributed by atoms with Gasteiger partial charge in [0.05, 0.1) is 0 Å². The molecule has 0 amide bonds. The van der Waals surface area contributed by atoms with Crippen molar-refractivity contribution in [1.82, 2.24) is 0 Å². The number of hydrogen-bond donors (Lipinski definition) is 0. The van der Waals surface area contributed by atoms with Gasteiger partial charge in [0, 0.05) is 0 Å². The van der Waals surface area contributed by atoms with Gasteiger partial charge >= 0.3 is 25.8 Å². The fraction of sp³-hybridized carbons (Fsp3) is 0.100. The van der Waals surface area contributed by atoms with Crippen LogP contribution in [0.4, 0.5) is 0 Å². The van der Waals surface area contributed by atoms with Gasteiger partial charge in [-0.25, -0.2) is 0 Å². The molecule has 5 heteroatoms. The van der Waals surface area contributed by atoms with Gasteiger partial charge in [0.1, 0.15) is 0 Å². The molecule has 2 unspecified atom stereocenters. The summed E-state index contributed by atoms with van der Waals surface area (Å²) in [5.74, 6) is 0. The van der Waals surface area contributed by atoms with Crippen LogP contribution in [-0.2, 0) is 25.8 Å². The number of fused-ring (bicyclic) bond motifs is 2. The quantitative estimate of drug-likeness (QED) is 0.189. The maximum absolute atomic E-state index is 2.44. The van der Waals surface area contributed by atoms with Crippen molar-refractivity contribution in [2.24, 2.45) is 0 Å². The van der Waals surface area contributed by atoms with E-state index in [1.807, 2.05) is 0 Å². The predicted octanol–water partition coefficient (Wildman–Crippen LogP) is -0.474. The molecule has 0 N–H and O–H groups in total. The van der Waals surface area contributed by atoms with E-state index in [0.717, 1.165) is 0 Å². The number of hydrogen-bond acceptors (Lipinski definition) is 0. The van der Waals surface area contributed by atoms with Gasteiger partial charge in [-0.05, 0) is 13.3 Å². The van der Waals surface area contributed by atoms with E-state index in [2.05, 4.69) is 86.1 Å². The zero-order valence-corrected chi connectivity index (χ0v) is 19.5. The van der Waals surface area contributed by atoms with Crippen molar-refractivity contribution in [3.63, 3.8) is 0 Å². The third-order valence-corrected chi connectivity index (χ3v) is 11.4. The van der Waals surface area contributed by atoms with Crippen LogP contribution in [-0.4, -0.2) is 13.3 Å². The van der Waals surface area contributed by atoms with Gasteiger partial charge in [0.2, 0.25) is 0 Å². The summed E-state index contributed by atoms with van der Waals surface area (Å²) in [7, 11) is -0.264. The maximum Gasteiger partial charge on any atom is 4.00 e. The Labute approximate surface area is 168 Å². The molecule has 0 heterocycles. The zero-order valence-electron chi connectivity index (χ0n) is 14.1. The van der Waals surface area contributed by atoms with E-state index in [4.69, 9.17) is 0 Å². The second-order valence-corrected chi connectivity index (χ2v) is 12.5. The standard InChI is InChI=1S/C20H18P2.2FH.Hf/c1-21(19-11-15-7-3-4-8-16(15)12-19)22(2)20-13-17-9-5-6-10-18(17)14-20;;;/h3-14H,1-2H3;2*1H;/q-2;;;+4/p-2. The van der Waals surface area contributed by atoms with Crippen LogP contribution >= 0.6 is 15.2 Å². The first-order valence-electron chi connectivity index (χ1n) is 7.51. The molecule has 0 saturated carbocycles. The Kier molecular flexibility index (Phi) is 8.26. The average Bonchev–Trinajstić information content (AvgIpc) is 3.16. The third-order valence-electron chi connectivity index (χ3n) is 4.40. The summed E-state index contributed by atoms with van der Waals surface area (Å²) in [5.41, 5.74) is 0. The number of rotatable bonds is 3. The second-order valence-electron chi connectivity index (χ2n) is 5.73. The van der Waals surface area contributed by atoms with Gasteiger partial charge in [-0.1, -0.05) is 27.4 Å². The zero-order chi connectivity index (χ0) is 15.1. The van der Waals surface area contributed by atoms with Gasteiger partial charge in [-0.15, -0.1) is 80.7 Å². The molecular formula is C20H18F2HfP2. The molecule has 0 bridgehead atoms. The summed E-state index contributed by atoms with van der Waals surface area (Å²) in [4.78, 5) is 0. The first-order valence-corrected chi connectivity index (χ1v) is 11.8. The van der Waals surface area contributed by atoms with Crippen LogP contribution in [0.25, 0.3) is 21.5 Å². The van der Waals surface area contributed by atoms with Crippen LogP contribution in [0, 0.1) is 0 Å². The Morgan fingerprint density at radius 2 is 1.00 bits per heavy atom. The number of benzene rings is 2. The summed E-state index contributed by atoms with van der Waals surface area (Å²) in [5, 5.41) is 8.59. The fourth-order valence-electron chi connectivity index (χ4n) is 2.99. The maximum atomic E-state index is 2.44. The molecule has 0 aliphatic rings. The molecule has 0 spiro atoms. The Morgan fingerprint density at radius 3 is 1.36 bits per heavy atom. The minimum absolute atomic E-state index is 0. The van der Waals surface area contributed by atoms with Gasteiger partial charge in [-0.3, -0.25) is 0 Å². The molecule has 4 aromatic rings. The largest absolute Gasteiger partial charge is 4.00 e. The van der Waals surface area contributed by atoms with Gasteiger partial charge in [0.25, 0.3) is 0 Å². The third kappa shape index (κ3) is 4.33. The van der Waals surface area contributed by atoms with E-state index in [9.17, 15) is 0 Å². The summed E-state index contributed by atoms with van der Waals surface area (Å²) in [6.45, 7) is 4.87. The Bertz CT molecular complexity index is 801. The first kappa shape index (κ1) is 22.3. The Morgan fingerprint density at radius 1 is 0.640 bits per heavy atom. The molecule has 0 fully saturated rings. The van der Waals surface area contributed by atoms with Crippen molar-refractivity contribution in [3.8, 4) is 0 Å². The van der Waals surface area contributed by atoms with Crippen molar-refractivity contribution in [2.45, 2.75) is 0 Å².